The fourth-order valence-corrected chi connectivity index (χ4v) is 8.45. The van der Waals surface area contributed by atoms with Crippen LogP contribution >= 0.6 is 0 Å². The molecule has 0 aliphatic rings. The highest BCUT2D eigenvalue weighted by Gasteiger charge is 2.21. The maximum Gasteiger partial charge on any atom is 0.0641 e. The number of benzene rings is 8. The molecule has 0 aliphatic carbocycles. The summed E-state index contributed by atoms with van der Waals surface area (Å²) in [6.07, 6.45) is 0. The van der Waals surface area contributed by atoms with Crippen LogP contribution in [0.3, 0.4) is 0 Å². The van der Waals surface area contributed by atoms with E-state index in [0.29, 0.717) is 0 Å². The highest BCUT2D eigenvalue weighted by atomic mass is 15.0. The average Bonchev–Trinajstić information content (AvgIpc) is 3.84. The first-order chi connectivity index (χ1) is 25.3. The van der Waals surface area contributed by atoms with E-state index in [9.17, 15) is 0 Å². The van der Waals surface area contributed by atoms with E-state index in [4.69, 9.17) is 0 Å². The average molecular weight is 650 g/mol. The van der Waals surface area contributed by atoms with E-state index >= 15 is 0 Å². The lowest BCUT2D eigenvalue weighted by molar-refractivity contribution is 1.17. The first-order valence-electron chi connectivity index (χ1n) is 17.5. The van der Waals surface area contributed by atoms with E-state index < -0.39 is 0 Å². The van der Waals surface area contributed by atoms with Gasteiger partial charge in [0.05, 0.1) is 33.1 Å². The first kappa shape index (κ1) is 28.0. The standard InChI is InChI=1S/C48H31N3/c1-4-14-34(15-5-1)49-42-22-12-10-20-37(42)40-30-32(24-27-44(40)49)33-25-28-45-41(31-33)38-26-29-46-47(48(38)51(45)36-18-8-3-9-19-36)39-21-11-13-23-43(39)50(46)35-16-6-2-7-17-35/h1-31H. The lowest BCUT2D eigenvalue weighted by Crippen LogP contribution is -1.95. The maximum atomic E-state index is 2.47. The Bertz CT molecular complexity index is 3110. The van der Waals surface area contributed by atoms with Crippen LogP contribution in [0.4, 0.5) is 0 Å². The van der Waals surface area contributed by atoms with Crippen molar-refractivity contribution in [3.05, 3.63) is 188 Å². The minimum Gasteiger partial charge on any atom is -0.309 e. The van der Waals surface area contributed by atoms with Crippen molar-refractivity contribution >= 4 is 65.4 Å². The second-order valence-electron chi connectivity index (χ2n) is 13.4. The summed E-state index contributed by atoms with van der Waals surface area (Å²) in [7, 11) is 0. The van der Waals surface area contributed by atoms with Crippen LogP contribution in [0.5, 0.6) is 0 Å². The van der Waals surface area contributed by atoms with Crippen molar-refractivity contribution in [2.45, 2.75) is 0 Å². The molecule has 0 bridgehead atoms. The molecule has 238 valence electrons. The van der Waals surface area contributed by atoms with Crippen molar-refractivity contribution < 1.29 is 0 Å². The van der Waals surface area contributed by atoms with Gasteiger partial charge in [-0.2, -0.15) is 0 Å². The molecule has 0 radical (unpaired) electrons. The van der Waals surface area contributed by atoms with Gasteiger partial charge in [-0.15, -0.1) is 0 Å². The Morgan fingerprint density at radius 1 is 0.255 bits per heavy atom. The van der Waals surface area contributed by atoms with Crippen LogP contribution < -0.4 is 0 Å². The van der Waals surface area contributed by atoms with Gasteiger partial charge in [-0.25, -0.2) is 0 Å². The molecule has 3 aromatic heterocycles. The SMILES string of the molecule is c1ccc(-n2c3ccccc3c3cc(-c4ccc5c(c4)c4ccc6c(c7ccccc7n6-c6ccccc6)c4n5-c4ccccc4)ccc32)cc1. The van der Waals surface area contributed by atoms with Gasteiger partial charge >= 0.3 is 0 Å². The minimum absolute atomic E-state index is 1.16. The number of aromatic nitrogens is 3. The zero-order chi connectivity index (χ0) is 33.5. The van der Waals surface area contributed by atoms with E-state index in [-0.39, 0.29) is 0 Å². The van der Waals surface area contributed by atoms with Crippen LogP contribution in [0.2, 0.25) is 0 Å². The van der Waals surface area contributed by atoms with E-state index in [2.05, 4.69) is 202 Å². The second-order valence-corrected chi connectivity index (χ2v) is 13.4. The molecule has 0 unspecified atom stereocenters. The van der Waals surface area contributed by atoms with E-state index in [1.807, 2.05) is 0 Å². The topological polar surface area (TPSA) is 14.8 Å². The van der Waals surface area contributed by atoms with Gasteiger partial charge in [-0.05, 0) is 90.0 Å². The van der Waals surface area contributed by atoms with Gasteiger partial charge in [0.2, 0.25) is 0 Å². The molecule has 3 heteroatoms. The Labute approximate surface area is 294 Å². The van der Waals surface area contributed by atoms with E-state index in [0.717, 1.165) is 11.4 Å². The molecule has 0 atom stereocenters. The zero-order valence-corrected chi connectivity index (χ0v) is 27.7. The number of rotatable bonds is 4. The van der Waals surface area contributed by atoms with Crippen molar-refractivity contribution in [2.24, 2.45) is 0 Å². The Kier molecular flexibility index (Phi) is 5.96. The first-order valence-corrected chi connectivity index (χ1v) is 17.5. The third-order valence-electron chi connectivity index (χ3n) is 10.6. The third kappa shape index (κ3) is 4.06. The smallest absolute Gasteiger partial charge is 0.0641 e. The van der Waals surface area contributed by atoms with Gasteiger partial charge in [0.1, 0.15) is 0 Å². The lowest BCUT2D eigenvalue weighted by Gasteiger charge is -2.10. The zero-order valence-electron chi connectivity index (χ0n) is 27.7. The van der Waals surface area contributed by atoms with Gasteiger partial charge in [0.25, 0.3) is 0 Å². The van der Waals surface area contributed by atoms with Gasteiger partial charge in [0.15, 0.2) is 0 Å². The fraction of sp³-hybridized carbons (Fsp3) is 0. The molecule has 11 rings (SSSR count). The predicted octanol–water partition coefficient (Wildman–Crippen LogP) is 12.6. The van der Waals surface area contributed by atoms with E-state index in [1.54, 1.807) is 0 Å². The number of para-hydroxylation sites is 5. The van der Waals surface area contributed by atoms with Crippen LogP contribution in [0.25, 0.3) is 93.6 Å². The monoisotopic (exact) mass is 649 g/mol. The summed E-state index contributed by atoms with van der Waals surface area (Å²) in [6, 6.07) is 68.4. The molecule has 8 aromatic carbocycles. The summed E-state index contributed by atoms with van der Waals surface area (Å²) < 4.78 is 7.25. The Morgan fingerprint density at radius 3 is 1.27 bits per heavy atom. The molecule has 0 saturated heterocycles. The molecule has 0 amide bonds. The molecular formula is C48H31N3. The van der Waals surface area contributed by atoms with Crippen LogP contribution in [-0.4, -0.2) is 13.7 Å². The number of hydrogen-bond donors (Lipinski definition) is 0. The molecule has 3 heterocycles. The van der Waals surface area contributed by atoms with Gasteiger partial charge in [0, 0.05) is 49.4 Å². The molecule has 3 nitrogen and oxygen atoms in total. The maximum absolute atomic E-state index is 2.47. The van der Waals surface area contributed by atoms with Crippen molar-refractivity contribution in [1.29, 1.82) is 0 Å². The predicted molar refractivity (Wildman–Crippen MR) is 215 cm³/mol. The summed E-state index contributed by atoms with van der Waals surface area (Å²) in [5, 5.41) is 7.54. The quantitative estimate of drug-likeness (QED) is 0.180. The molecule has 0 saturated carbocycles. The van der Waals surface area contributed by atoms with Crippen molar-refractivity contribution in [3.63, 3.8) is 0 Å². The molecule has 0 spiro atoms. The van der Waals surface area contributed by atoms with Gasteiger partial charge in [-0.1, -0.05) is 109 Å². The number of hydrogen-bond acceptors (Lipinski definition) is 0. The lowest BCUT2D eigenvalue weighted by atomic mass is 10.00. The summed E-state index contributed by atoms with van der Waals surface area (Å²) >= 11 is 0. The van der Waals surface area contributed by atoms with Crippen LogP contribution in [0, 0.1) is 0 Å². The van der Waals surface area contributed by atoms with Crippen LogP contribution in [0.15, 0.2) is 188 Å². The van der Waals surface area contributed by atoms with Crippen LogP contribution in [0.1, 0.15) is 0 Å². The largest absolute Gasteiger partial charge is 0.309 e. The summed E-state index contributed by atoms with van der Waals surface area (Å²) in [5.74, 6) is 0. The number of nitrogens with zero attached hydrogens (tertiary/aromatic N) is 3. The van der Waals surface area contributed by atoms with Crippen molar-refractivity contribution in [3.8, 4) is 28.2 Å². The molecule has 0 N–H and O–H groups in total. The molecular weight excluding hydrogens is 619 g/mol. The second kappa shape index (κ2) is 10.8. The Morgan fingerprint density at radius 2 is 0.667 bits per heavy atom. The highest BCUT2D eigenvalue weighted by Crippen LogP contribution is 2.43. The van der Waals surface area contributed by atoms with Gasteiger partial charge in [-0.3, -0.25) is 0 Å². The highest BCUT2D eigenvalue weighted by molar-refractivity contribution is 6.26. The summed E-state index contributed by atoms with van der Waals surface area (Å²) in [6.45, 7) is 0. The van der Waals surface area contributed by atoms with Gasteiger partial charge < -0.3 is 13.7 Å². The molecule has 11 aromatic rings. The molecule has 0 fully saturated rings. The molecule has 0 aliphatic heterocycles. The minimum atomic E-state index is 1.16. The summed E-state index contributed by atoms with van der Waals surface area (Å²) in [5.41, 5.74) is 13.2. The Balaban J connectivity index is 1.20. The van der Waals surface area contributed by atoms with E-state index in [1.165, 1.54) is 82.2 Å². The van der Waals surface area contributed by atoms with Crippen molar-refractivity contribution in [1.82, 2.24) is 13.7 Å². The fourth-order valence-electron chi connectivity index (χ4n) is 8.45. The number of fused-ring (bicyclic) bond motifs is 10. The Hall–Kier alpha value is -6.84. The third-order valence-corrected chi connectivity index (χ3v) is 10.6. The molecule has 51 heavy (non-hydrogen) atoms. The van der Waals surface area contributed by atoms with Crippen LogP contribution in [-0.2, 0) is 0 Å². The summed E-state index contributed by atoms with van der Waals surface area (Å²) in [4.78, 5) is 0. The normalized spacial score (nSPS) is 11.9. The van der Waals surface area contributed by atoms with Crippen molar-refractivity contribution in [2.75, 3.05) is 0 Å².